The maximum atomic E-state index is 10.4. The second-order valence-electron chi connectivity index (χ2n) is 3.28. The standard InChI is InChI=1S/C9H11BrO2S/c1-6-9(11,3-4-12-6)8-7(10)2-5-13-8/h2,5-6,11H,3-4H2,1H3. The third-order valence-electron chi connectivity index (χ3n) is 2.53. The van der Waals surface area contributed by atoms with Gasteiger partial charge in [-0.2, -0.15) is 0 Å². The van der Waals surface area contributed by atoms with Crippen molar-refractivity contribution in [2.24, 2.45) is 0 Å². The minimum Gasteiger partial charge on any atom is -0.381 e. The van der Waals surface area contributed by atoms with E-state index >= 15 is 0 Å². The monoisotopic (exact) mass is 262 g/mol. The molecule has 2 rings (SSSR count). The zero-order valence-corrected chi connectivity index (χ0v) is 9.69. The molecule has 2 unspecified atom stereocenters. The van der Waals surface area contributed by atoms with Crippen LogP contribution in [0.25, 0.3) is 0 Å². The molecule has 13 heavy (non-hydrogen) atoms. The van der Waals surface area contributed by atoms with E-state index in [-0.39, 0.29) is 6.10 Å². The van der Waals surface area contributed by atoms with Crippen molar-refractivity contribution >= 4 is 27.3 Å². The fourth-order valence-corrected chi connectivity index (χ4v) is 3.56. The molecule has 0 aromatic carbocycles. The number of rotatable bonds is 1. The maximum Gasteiger partial charge on any atom is 0.128 e. The molecule has 0 radical (unpaired) electrons. The number of thiophene rings is 1. The number of aliphatic hydroxyl groups is 1. The molecule has 0 amide bonds. The summed E-state index contributed by atoms with van der Waals surface area (Å²) in [6.07, 6.45) is 0.579. The van der Waals surface area contributed by atoms with Gasteiger partial charge >= 0.3 is 0 Å². The van der Waals surface area contributed by atoms with Crippen LogP contribution in [0.5, 0.6) is 0 Å². The van der Waals surface area contributed by atoms with Gasteiger partial charge in [0.2, 0.25) is 0 Å². The van der Waals surface area contributed by atoms with Crippen LogP contribution in [0.4, 0.5) is 0 Å². The van der Waals surface area contributed by atoms with Crippen LogP contribution in [0.2, 0.25) is 0 Å². The van der Waals surface area contributed by atoms with Gasteiger partial charge in [0.15, 0.2) is 0 Å². The second kappa shape index (κ2) is 3.35. The highest BCUT2D eigenvalue weighted by Crippen LogP contribution is 2.42. The summed E-state index contributed by atoms with van der Waals surface area (Å²) in [6, 6.07) is 1.96. The molecule has 1 aromatic heterocycles. The predicted octanol–water partition coefficient (Wildman–Crippen LogP) is 2.51. The average molecular weight is 263 g/mol. The molecular formula is C9H11BrO2S. The van der Waals surface area contributed by atoms with Gasteiger partial charge in [-0.1, -0.05) is 0 Å². The predicted molar refractivity (Wildman–Crippen MR) is 55.9 cm³/mol. The number of hydrogen-bond donors (Lipinski definition) is 1. The summed E-state index contributed by atoms with van der Waals surface area (Å²) >= 11 is 5.01. The lowest BCUT2D eigenvalue weighted by atomic mass is 9.95. The van der Waals surface area contributed by atoms with Crippen LogP contribution in [-0.4, -0.2) is 17.8 Å². The van der Waals surface area contributed by atoms with E-state index in [0.717, 1.165) is 9.35 Å². The van der Waals surface area contributed by atoms with Gasteiger partial charge in [0, 0.05) is 10.9 Å². The first-order valence-corrected chi connectivity index (χ1v) is 5.89. The molecular weight excluding hydrogens is 252 g/mol. The molecule has 72 valence electrons. The molecule has 0 saturated carbocycles. The first-order chi connectivity index (χ1) is 6.14. The van der Waals surface area contributed by atoms with Gasteiger partial charge in [0.1, 0.15) is 5.60 Å². The van der Waals surface area contributed by atoms with Gasteiger partial charge in [0.05, 0.1) is 17.6 Å². The topological polar surface area (TPSA) is 29.5 Å². The first kappa shape index (κ1) is 9.65. The zero-order chi connectivity index (χ0) is 9.47. The van der Waals surface area contributed by atoms with Crippen molar-refractivity contribution in [3.8, 4) is 0 Å². The summed E-state index contributed by atoms with van der Waals surface area (Å²) in [5.41, 5.74) is -0.785. The fraction of sp³-hybridized carbons (Fsp3) is 0.556. The summed E-state index contributed by atoms with van der Waals surface area (Å²) in [5.74, 6) is 0. The number of hydrogen-bond acceptors (Lipinski definition) is 3. The summed E-state index contributed by atoms with van der Waals surface area (Å²) in [5, 5.41) is 12.3. The van der Waals surface area contributed by atoms with Crippen LogP contribution >= 0.6 is 27.3 Å². The molecule has 1 aromatic rings. The number of ether oxygens (including phenoxy) is 1. The molecule has 0 spiro atoms. The molecule has 4 heteroatoms. The summed E-state index contributed by atoms with van der Waals surface area (Å²) < 4.78 is 6.37. The Labute approximate surface area is 89.7 Å². The van der Waals surface area contributed by atoms with Gasteiger partial charge in [-0.05, 0) is 34.3 Å². The Balaban J connectivity index is 2.39. The van der Waals surface area contributed by atoms with E-state index in [4.69, 9.17) is 4.74 Å². The molecule has 2 heterocycles. The van der Waals surface area contributed by atoms with E-state index in [1.165, 1.54) is 0 Å². The molecule has 2 atom stereocenters. The van der Waals surface area contributed by atoms with Crippen molar-refractivity contribution in [3.63, 3.8) is 0 Å². The third-order valence-corrected chi connectivity index (χ3v) is 4.54. The lowest BCUT2D eigenvalue weighted by molar-refractivity contribution is -0.0295. The van der Waals surface area contributed by atoms with Gasteiger partial charge in [-0.25, -0.2) is 0 Å². The average Bonchev–Trinajstić information content (AvgIpc) is 2.62. The van der Waals surface area contributed by atoms with Gasteiger partial charge in [0.25, 0.3) is 0 Å². The van der Waals surface area contributed by atoms with E-state index in [1.54, 1.807) is 11.3 Å². The molecule has 1 aliphatic heterocycles. The zero-order valence-electron chi connectivity index (χ0n) is 7.29. The van der Waals surface area contributed by atoms with Crippen molar-refractivity contribution in [2.45, 2.75) is 25.0 Å². The SMILES string of the molecule is CC1OCCC1(O)c1sccc1Br. The Morgan fingerprint density at radius 2 is 2.54 bits per heavy atom. The maximum absolute atomic E-state index is 10.4. The highest BCUT2D eigenvalue weighted by atomic mass is 79.9. The van der Waals surface area contributed by atoms with Crippen LogP contribution in [-0.2, 0) is 10.3 Å². The Kier molecular flexibility index (Phi) is 2.49. The quantitative estimate of drug-likeness (QED) is 0.843. The summed E-state index contributed by atoms with van der Waals surface area (Å²) in [7, 11) is 0. The summed E-state index contributed by atoms with van der Waals surface area (Å²) in [4.78, 5) is 0.984. The smallest absolute Gasteiger partial charge is 0.128 e. The molecule has 0 aliphatic carbocycles. The molecule has 1 saturated heterocycles. The largest absolute Gasteiger partial charge is 0.381 e. The first-order valence-electron chi connectivity index (χ1n) is 4.22. The minimum absolute atomic E-state index is 0.109. The van der Waals surface area contributed by atoms with Gasteiger partial charge in [-0.3, -0.25) is 0 Å². The van der Waals surface area contributed by atoms with Crippen molar-refractivity contribution in [3.05, 3.63) is 20.8 Å². The van der Waals surface area contributed by atoms with E-state index in [2.05, 4.69) is 15.9 Å². The Morgan fingerprint density at radius 1 is 1.77 bits per heavy atom. The van der Waals surface area contributed by atoms with Crippen molar-refractivity contribution in [1.82, 2.24) is 0 Å². The molecule has 1 fully saturated rings. The molecule has 0 bridgehead atoms. The van der Waals surface area contributed by atoms with Crippen LogP contribution in [0, 0.1) is 0 Å². The Morgan fingerprint density at radius 3 is 3.00 bits per heavy atom. The third kappa shape index (κ3) is 1.46. The van der Waals surface area contributed by atoms with E-state index in [9.17, 15) is 5.11 Å². The van der Waals surface area contributed by atoms with E-state index in [0.29, 0.717) is 13.0 Å². The van der Waals surface area contributed by atoms with Gasteiger partial charge < -0.3 is 9.84 Å². The molecule has 2 nitrogen and oxygen atoms in total. The fourth-order valence-electron chi connectivity index (χ4n) is 1.63. The van der Waals surface area contributed by atoms with Crippen molar-refractivity contribution in [1.29, 1.82) is 0 Å². The normalized spacial score (nSPS) is 33.9. The van der Waals surface area contributed by atoms with Crippen molar-refractivity contribution < 1.29 is 9.84 Å². The highest BCUT2D eigenvalue weighted by molar-refractivity contribution is 9.10. The summed E-state index contributed by atoms with van der Waals surface area (Å²) in [6.45, 7) is 2.56. The Bertz CT molecular complexity index is 312. The van der Waals surface area contributed by atoms with Crippen LogP contribution in [0.1, 0.15) is 18.2 Å². The minimum atomic E-state index is -0.785. The van der Waals surface area contributed by atoms with Crippen molar-refractivity contribution in [2.75, 3.05) is 6.61 Å². The van der Waals surface area contributed by atoms with Crippen LogP contribution < -0.4 is 0 Å². The lowest BCUT2D eigenvalue weighted by Crippen LogP contribution is -2.32. The number of halogens is 1. The van der Waals surface area contributed by atoms with E-state index in [1.807, 2.05) is 18.4 Å². The lowest BCUT2D eigenvalue weighted by Gasteiger charge is -2.25. The molecule has 1 N–H and O–H groups in total. The second-order valence-corrected chi connectivity index (χ2v) is 5.06. The Hall–Kier alpha value is 0.100. The van der Waals surface area contributed by atoms with E-state index < -0.39 is 5.60 Å². The van der Waals surface area contributed by atoms with Crippen LogP contribution in [0.15, 0.2) is 15.9 Å². The molecule has 1 aliphatic rings. The van der Waals surface area contributed by atoms with Gasteiger partial charge in [-0.15, -0.1) is 11.3 Å². The van der Waals surface area contributed by atoms with Crippen LogP contribution in [0.3, 0.4) is 0 Å². The highest BCUT2D eigenvalue weighted by Gasteiger charge is 2.43.